The molecule has 0 fully saturated rings. The van der Waals surface area contributed by atoms with Gasteiger partial charge in [-0.1, -0.05) is 6.07 Å². The quantitative estimate of drug-likeness (QED) is 0.429. The summed E-state index contributed by atoms with van der Waals surface area (Å²) in [5.74, 6) is 0. The minimum atomic E-state index is 0.508. The Labute approximate surface area is 151 Å². The number of pyridine rings is 2. The Balaban J connectivity index is 2.07. The van der Waals surface area contributed by atoms with Crippen molar-refractivity contribution in [2.45, 2.75) is 25.7 Å². The summed E-state index contributed by atoms with van der Waals surface area (Å²) in [5.41, 5.74) is 19.3. The van der Waals surface area contributed by atoms with E-state index in [1.165, 1.54) is 23.6 Å². The third-order valence-corrected chi connectivity index (χ3v) is 5.06. The average molecular weight is 344 g/mol. The summed E-state index contributed by atoms with van der Waals surface area (Å²) in [6, 6.07) is 5.66. The minimum Gasteiger partial charge on any atom is -0.398 e. The Bertz CT molecular complexity index is 1050. The van der Waals surface area contributed by atoms with Gasteiger partial charge in [0, 0.05) is 40.2 Å². The number of benzene rings is 1. The van der Waals surface area contributed by atoms with Crippen molar-refractivity contribution in [3.05, 3.63) is 46.6 Å². The second-order valence-corrected chi connectivity index (χ2v) is 6.58. The van der Waals surface area contributed by atoms with Gasteiger partial charge in [-0.2, -0.15) is 0 Å². The van der Waals surface area contributed by atoms with Gasteiger partial charge < -0.3 is 22.3 Å². The van der Waals surface area contributed by atoms with E-state index in [1.807, 2.05) is 18.2 Å². The first-order valence-corrected chi connectivity index (χ1v) is 8.64. The van der Waals surface area contributed by atoms with E-state index >= 15 is 0 Å². The van der Waals surface area contributed by atoms with Crippen LogP contribution >= 0.6 is 0 Å². The third-order valence-electron chi connectivity index (χ3n) is 5.06. The molecule has 2 aromatic heterocycles. The van der Waals surface area contributed by atoms with Crippen LogP contribution in [0.4, 0.5) is 11.4 Å². The van der Waals surface area contributed by atoms with Gasteiger partial charge in [-0.15, -0.1) is 0 Å². The lowest BCUT2D eigenvalue weighted by atomic mass is 9.85. The van der Waals surface area contributed by atoms with Crippen molar-refractivity contribution in [3.8, 4) is 11.3 Å². The SMILES string of the molecule is N=Cc1cc(-c2nc3ncc(N)c(C=N)c3c3c2CCCC3)ccc1N. The van der Waals surface area contributed by atoms with Crippen LogP contribution in [0.3, 0.4) is 0 Å². The molecule has 0 bridgehead atoms. The van der Waals surface area contributed by atoms with Gasteiger partial charge in [0.05, 0.1) is 17.6 Å². The molecule has 0 saturated carbocycles. The van der Waals surface area contributed by atoms with Crippen molar-refractivity contribution in [3.63, 3.8) is 0 Å². The van der Waals surface area contributed by atoms with Crippen LogP contribution in [0.5, 0.6) is 0 Å². The Hall–Kier alpha value is -3.28. The zero-order valence-corrected chi connectivity index (χ0v) is 14.3. The van der Waals surface area contributed by atoms with Crippen molar-refractivity contribution in [2.75, 3.05) is 11.5 Å². The average Bonchev–Trinajstić information content (AvgIpc) is 2.68. The zero-order valence-electron chi connectivity index (χ0n) is 14.3. The number of hydrogen-bond acceptors (Lipinski definition) is 6. The first kappa shape index (κ1) is 16.2. The second-order valence-electron chi connectivity index (χ2n) is 6.58. The summed E-state index contributed by atoms with van der Waals surface area (Å²) >= 11 is 0. The second kappa shape index (κ2) is 6.22. The lowest BCUT2D eigenvalue weighted by Gasteiger charge is -2.22. The molecule has 3 aromatic rings. The molecule has 6 heteroatoms. The van der Waals surface area contributed by atoms with Crippen LogP contribution in [-0.4, -0.2) is 22.4 Å². The first-order chi connectivity index (χ1) is 12.6. The summed E-state index contributed by atoms with van der Waals surface area (Å²) in [6.07, 6.45) is 8.20. The summed E-state index contributed by atoms with van der Waals surface area (Å²) in [4.78, 5) is 9.26. The van der Waals surface area contributed by atoms with Crippen LogP contribution in [0.1, 0.15) is 35.1 Å². The molecule has 0 aliphatic heterocycles. The molecule has 1 aromatic carbocycles. The number of nitrogens with two attached hydrogens (primary N) is 2. The fourth-order valence-electron chi connectivity index (χ4n) is 3.77. The number of hydrogen-bond donors (Lipinski definition) is 4. The summed E-state index contributed by atoms with van der Waals surface area (Å²) < 4.78 is 0. The van der Waals surface area contributed by atoms with Gasteiger partial charge in [-0.05, 0) is 48.9 Å². The molecule has 0 saturated heterocycles. The number of anilines is 2. The fraction of sp³-hybridized carbons (Fsp3) is 0.200. The highest BCUT2D eigenvalue weighted by molar-refractivity contribution is 6.04. The minimum absolute atomic E-state index is 0.508. The number of nitrogens with one attached hydrogen (secondary N) is 2. The van der Waals surface area contributed by atoms with Crippen molar-refractivity contribution >= 4 is 34.8 Å². The van der Waals surface area contributed by atoms with Crippen LogP contribution in [0, 0.1) is 10.8 Å². The summed E-state index contributed by atoms with van der Waals surface area (Å²) in [7, 11) is 0. The predicted octanol–water partition coefficient (Wildman–Crippen LogP) is 3.34. The molecule has 0 radical (unpaired) electrons. The van der Waals surface area contributed by atoms with E-state index in [0.717, 1.165) is 42.3 Å². The van der Waals surface area contributed by atoms with E-state index in [0.29, 0.717) is 28.1 Å². The van der Waals surface area contributed by atoms with Gasteiger partial charge in [-0.3, -0.25) is 0 Å². The van der Waals surface area contributed by atoms with E-state index in [2.05, 4.69) is 4.98 Å². The van der Waals surface area contributed by atoms with E-state index in [9.17, 15) is 0 Å². The molecular weight excluding hydrogens is 324 g/mol. The smallest absolute Gasteiger partial charge is 0.160 e. The highest BCUT2D eigenvalue weighted by Crippen LogP contribution is 2.37. The molecule has 0 spiro atoms. The molecule has 1 aliphatic rings. The summed E-state index contributed by atoms with van der Waals surface area (Å²) in [6.45, 7) is 0. The molecule has 2 heterocycles. The zero-order chi connectivity index (χ0) is 18.3. The number of aryl methyl sites for hydroxylation is 1. The van der Waals surface area contributed by atoms with Crippen LogP contribution < -0.4 is 11.5 Å². The molecule has 130 valence electrons. The maximum Gasteiger partial charge on any atom is 0.160 e. The molecule has 6 N–H and O–H groups in total. The van der Waals surface area contributed by atoms with Gasteiger partial charge in [0.15, 0.2) is 5.65 Å². The topological polar surface area (TPSA) is 126 Å². The number of fused-ring (bicyclic) bond motifs is 3. The van der Waals surface area contributed by atoms with E-state index in [-0.39, 0.29) is 0 Å². The lowest BCUT2D eigenvalue weighted by Crippen LogP contribution is -2.10. The Morgan fingerprint density at radius 3 is 2.46 bits per heavy atom. The molecular formula is C20H20N6. The van der Waals surface area contributed by atoms with Gasteiger partial charge in [-0.25, -0.2) is 9.97 Å². The molecule has 1 aliphatic carbocycles. The highest BCUT2D eigenvalue weighted by Gasteiger charge is 2.22. The largest absolute Gasteiger partial charge is 0.398 e. The van der Waals surface area contributed by atoms with E-state index in [1.54, 1.807) is 6.20 Å². The van der Waals surface area contributed by atoms with E-state index < -0.39 is 0 Å². The van der Waals surface area contributed by atoms with E-state index in [4.69, 9.17) is 27.3 Å². The van der Waals surface area contributed by atoms with Gasteiger partial charge in [0.1, 0.15) is 0 Å². The van der Waals surface area contributed by atoms with Crippen LogP contribution in [-0.2, 0) is 12.8 Å². The van der Waals surface area contributed by atoms with Crippen molar-refractivity contribution in [1.82, 2.24) is 9.97 Å². The maximum absolute atomic E-state index is 7.78. The van der Waals surface area contributed by atoms with Crippen LogP contribution in [0.15, 0.2) is 24.4 Å². The van der Waals surface area contributed by atoms with Crippen molar-refractivity contribution < 1.29 is 0 Å². The standard InChI is InChI=1S/C20H20N6/c21-8-12-7-11(5-6-16(12)23)19-14-4-2-1-3-13(14)18-15(9-22)17(24)10-25-20(18)26-19/h5-10,21-22H,1-4,23-24H2. The molecule has 26 heavy (non-hydrogen) atoms. The molecule has 0 unspecified atom stereocenters. The van der Waals surface area contributed by atoms with Crippen LogP contribution in [0.2, 0.25) is 0 Å². The van der Waals surface area contributed by atoms with Crippen molar-refractivity contribution in [2.24, 2.45) is 0 Å². The Kier molecular flexibility index (Phi) is 3.88. The van der Waals surface area contributed by atoms with Gasteiger partial charge in [0.25, 0.3) is 0 Å². The van der Waals surface area contributed by atoms with Gasteiger partial charge in [0.2, 0.25) is 0 Å². The normalized spacial score (nSPS) is 13.4. The van der Waals surface area contributed by atoms with Crippen molar-refractivity contribution in [1.29, 1.82) is 10.8 Å². The molecule has 4 rings (SSSR count). The lowest BCUT2D eigenvalue weighted by molar-refractivity contribution is 0.688. The predicted molar refractivity (Wildman–Crippen MR) is 106 cm³/mol. The molecule has 6 nitrogen and oxygen atoms in total. The summed E-state index contributed by atoms with van der Waals surface area (Å²) in [5, 5.41) is 16.2. The molecule has 0 atom stereocenters. The monoisotopic (exact) mass is 344 g/mol. The number of nitrogen functional groups attached to an aromatic ring is 2. The third kappa shape index (κ3) is 2.42. The maximum atomic E-state index is 7.78. The number of aromatic nitrogens is 2. The first-order valence-electron chi connectivity index (χ1n) is 8.64. The Morgan fingerprint density at radius 2 is 1.73 bits per heavy atom. The molecule has 0 amide bonds. The highest BCUT2D eigenvalue weighted by atomic mass is 14.9. The number of nitrogens with zero attached hydrogens (tertiary/aromatic N) is 2. The van der Waals surface area contributed by atoms with Crippen LogP contribution in [0.25, 0.3) is 22.3 Å². The fourth-order valence-corrected chi connectivity index (χ4v) is 3.77. The Morgan fingerprint density at radius 1 is 0.962 bits per heavy atom. The van der Waals surface area contributed by atoms with Gasteiger partial charge >= 0.3 is 0 Å². The number of rotatable bonds is 3.